The quantitative estimate of drug-likeness (QED) is 0.777. The highest BCUT2D eigenvalue weighted by Gasteiger charge is 2.12. The van der Waals surface area contributed by atoms with Gasteiger partial charge in [0, 0.05) is 19.5 Å². The molecule has 0 saturated heterocycles. The first kappa shape index (κ1) is 14.8. The van der Waals surface area contributed by atoms with Crippen LogP contribution in [0.1, 0.15) is 31.7 Å². The number of nitrogens with one attached hydrogen (secondary N) is 1. The lowest BCUT2D eigenvalue weighted by molar-refractivity contribution is 0.493. The molecule has 1 atom stereocenters. The first-order valence-corrected chi connectivity index (χ1v) is 6.98. The smallest absolute Gasteiger partial charge is 0.0863 e. The molecule has 1 unspecified atom stereocenters. The van der Waals surface area contributed by atoms with Gasteiger partial charge in [0.1, 0.15) is 0 Å². The number of nitrogens with zero attached hydrogens (tertiary/aromatic N) is 2. The van der Waals surface area contributed by atoms with E-state index in [9.17, 15) is 0 Å². The summed E-state index contributed by atoms with van der Waals surface area (Å²) in [4.78, 5) is 0. The van der Waals surface area contributed by atoms with Gasteiger partial charge >= 0.3 is 0 Å². The molecule has 17 heavy (non-hydrogen) atoms. The Morgan fingerprint density at radius 3 is 2.71 bits per heavy atom. The Labute approximate surface area is 113 Å². The largest absolute Gasteiger partial charge is 0.311 e. The molecule has 0 saturated carbocycles. The molecule has 0 bridgehead atoms. The van der Waals surface area contributed by atoms with E-state index in [2.05, 4.69) is 24.3 Å². The molecular formula is C12H21Cl2N3. The molecule has 0 radical (unpaired) electrons. The van der Waals surface area contributed by atoms with E-state index in [1.54, 1.807) is 0 Å². The van der Waals surface area contributed by atoms with Crippen molar-refractivity contribution >= 4 is 23.2 Å². The normalized spacial score (nSPS) is 13.0. The van der Waals surface area contributed by atoms with Crippen LogP contribution in [0.5, 0.6) is 0 Å². The fourth-order valence-corrected chi connectivity index (χ4v) is 2.47. The molecular weight excluding hydrogens is 257 g/mol. The van der Waals surface area contributed by atoms with Crippen molar-refractivity contribution in [1.29, 1.82) is 0 Å². The third-order valence-corrected chi connectivity index (χ3v) is 3.54. The van der Waals surface area contributed by atoms with Crippen molar-refractivity contribution in [2.75, 3.05) is 12.4 Å². The number of hydrogen-bond donors (Lipinski definition) is 1. The summed E-state index contributed by atoms with van der Waals surface area (Å²) in [7, 11) is 1.93. The molecule has 3 nitrogen and oxygen atoms in total. The molecule has 0 aliphatic heterocycles. The fourth-order valence-electron chi connectivity index (χ4n) is 1.74. The standard InChI is InChI=1S/C12H21Cl2N3/c1-4-10-12(14)11(17(3)16-10)8-15-7-9(2)5-6-13/h9,15H,4-8H2,1-3H3. The Morgan fingerprint density at radius 2 is 2.18 bits per heavy atom. The van der Waals surface area contributed by atoms with Gasteiger partial charge in [0.2, 0.25) is 0 Å². The summed E-state index contributed by atoms with van der Waals surface area (Å²) in [6.07, 6.45) is 1.91. The zero-order valence-corrected chi connectivity index (χ0v) is 12.3. The van der Waals surface area contributed by atoms with E-state index in [4.69, 9.17) is 23.2 Å². The molecule has 0 fully saturated rings. The Morgan fingerprint density at radius 1 is 1.47 bits per heavy atom. The summed E-state index contributed by atoms with van der Waals surface area (Å²) < 4.78 is 1.86. The predicted molar refractivity (Wildman–Crippen MR) is 73.8 cm³/mol. The summed E-state index contributed by atoms with van der Waals surface area (Å²) in [5.74, 6) is 1.31. The highest BCUT2D eigenvalue weighted by molar-refractivity contribution is 6.31. The molecule has 0 aliphatic carbocycles. The van der Waals surface area contributed by atoms with Crippen molar-refractivity contribution in [2.45, 2.75) is 33.2 Å². The molecule has 1 heterocycles. The fraction of sp³-hybridized carbons (Fsp3) is 0.750. The highest BCUT2D eigenvalue weighted by Crippen LogP contribution is 2.20. The van der Waals surface area contributed by atoms with Crippen LogP contribution in [-0.4, -0.2) is 22.2 Å². The molecule has 98 valence electrons. The number of rotatable bonds is 7. The average Bonchev–Trinajstić information content (AvgIpc) is 2.56. The lowest BCUT2D eigenvalue weighted by Gasteiger charge is -2.11. The Hall–Kier alpha value is -0.250. The van der Waals surface area contributed by atoms with Gasteiger partial charge in [-0.15, -0.1) is 11.6 Å². The SMILES string of the molecule is CCc1nn(C)c(CNCC(C)CCCl)c1Cl. The van der Waals surface area contributed by atoms with Gasteiger partial charge in [-0.3, -0.25) is 4.68 Å². The Bertz CT molecular complexity index is 350. The van der Waals surface area contributed by atoms with Crippen LogP contribution in [-0.2, 0) is 20.0 Å². The van der Waals surface area contributed by atoms with E-state index in [1.165, 1.54) is 0 Å². The highest BCUT2D eigenvalue weighted by atomic mass is 35.5. The predicted octanol–water partition coefficient (Wildman–Crippen LogP) is 2.99. The lowest BCUT2D eigenvalue weighted by Crippen LogP contribution is -2.22. The Balaban J connectivity index is 2.49. The third kappa shape index (κ3) is 4.16. The maximum Gasteiger partial charge on any atom is 0.0863 e. The average molecular weight is 278 g/mol. The van der Waals surface area contributed by atoms with Crippen molar-refractivity contribution in [3.05, 3.63) is 16.4 Å². The summed E-state index contributed by atoms with van der Waals surface area (Å²) in [6.45, 7) is 5.97. The molecule has 1 aromatic heterocycles. The summed E-state index contributed by atoms with van der Waals surface area (Å²) in [5.41, 5.74) is 2.03. The van der Waals surface area contributed by atoms with Gasteiger partial charge < -0.3 is 5.32 Å². The minimum Gasteiger partial charge on any atom is -0.311 e. The third-order valence-electron chi connectivity index (χ3n) is 2.89. The summed E-state index contributed by atoms with van der Waals surface area (Å²) >= 11 is 12.0. The lowest BCUT2D eigenvalue weighted by atomic mass is 10.1. The van der Waals surface area contributed by atoms with Crippen LogP contribution in [0, 0.1) is 5.92 Å². The van der Waals surface area contributed by atoms with Crippen molar-refractivity contribution in [3.63, 3.8) is 0 Å². The van der Waals surface area contributed by atoms with Crippen LogP contribution in [0.2, 0.25) is 5.02 Å². The monoisotopic (exact) mass is 277 g/mol. The van der Waals surface area contributed by atoms with Gasteiger partial charge in [0.15, 0.2) is 0 Å². The zero-order chi connectivity index (χ0) is 12.8. The second-order valence-electron chi connectivity index (χ2n) is 4.40. The molecule has 1 aromatic rings. The van der Waals surface area contributed by atoms with E-state index in [1.807, 2.05) is 11.7 Å². The van der Waals surface area contributed by atoms with Crippen molar-refractivity contribution in [1.82, 2.24) is 15.1 Å². The second kappa shape index (κ2) is 7.24. The van der Waals surface area contributed by atoms with E-state index in [0.29, 0.717) is 5.92 Å². The number of halogens is 2. The second-order valence-corrected chi connectivity index (χ2v) is 5.15. The minimum absolute atomic E-state index is 0.588. The molecule has 1 N–H and O–H groups in total. The van der Waals surface area contributed by atoms with Crippen LogP contribution in [0.25, 0.3) is 0 Å². The van der Waals surface area contributed by atoms with Crippen LogP contribution >= 0.6 is 23.2 Å². The van der Waals surface area contributed by atoms with Gasteiger partial charge in [-0.25, -0.2) is 0 Å². The van der Waals surface area contributed by atoms with E-state index in [0.717, 1.165) is 48.2 Å². The van der Waals surface area contributed by atoms with Crippen molar-refractivity contribution in [3.8, 4) is 0 Å². The zero-order valence-electron chi connectivity index (χ0n) is 10.8. The van der Waals surface area contributed by atoms with Gasteiger partial charge in [0.25, 0.3) is 0 Å². The molecule has 5 heteroatoms. The van der Waals surface area contributed by atoms with Gasteiger partial charge in [-0.1, -0.05) is 25.4 Å². The first-order valence-electron chi connectivity index (χ1n) is 6.07. The van der Waals surface area contributed by atoms with Crippen LogP contribution < -0.4 is 5.32 Å². The molecule has 0 aromatic carbocycles. The molecule has 1 rings (SSSR count). The number of aryl methyl sites for hydroxylation is 2. The number of alkyl halides is 1. The Kier molecular flexibility index (Phi) is 6.31. The van der Waals surface area contributed by atoms with Crippen molar-refractivity contribution in [2.24, 2.45) is 13.0 Å². The van der Waals surface area contributed by atoms with Gasteiger partial charge in [0.05, 0.1) is 16.4 Å². The van der Waals surface area contributed by atoms with E-state index < -0.39 is 0 Å². The van der Waals surface area contributed by atoms with Crippen LogP contribution in [0.4, 0.5) is 0 Å². The van der Waals surface area contributed by atoms with E-state index in [-0.39, 0.29) is 0 Å². The molecule has 0 amide bonds. The topological polar surface area (TPSA) is 29.9 Å². The van der Waals surface area contributed by atoms with Crippen LogP contribution in [0.3, 0.4) is 0 Å². The van der Waals surface area contributed by atoms with Gasteiger partial charge in [-0.05, 0) is 25.3 Å². The maximum absolute atomic E-state index is 6.26. The maximum atomic E-state index is 6.26. The van der Waals surface area contributed by atoms with Gasteiger partial charge in [-0.2, -0.15) is 5.10 Å². The molecule has 0 spiro atoms. The number of hydrogen-bond acceptors (Lipinski definition) is 2. The summed E-state index contributed by atoms with van der Waals surface area (Å²) in [6, 6.07) is 0. The van der Waals surface area contributed by atoms with Crippen LogP contribution in [0.15, 0.2) is 0 Å². The molecule has 0 aliphatic rings. The summed E-state index contributed by atoms with van der Waals surface area (Å²) in [5, 5.41) is 8.59. The van der Waals surface area contributed by atoms with E-state index >= 15 is 0 Å². The number of aromatic nitrogens is 2. The van der Waals surface area contributed by atoms with Crippen molar-refractivity contribution < 1.29 is 0 Å². The first-order chi connectivity index (χ1) is 8.10. The minimum atomic E-state index is 0.588.